The fraction of sp³-hybridized carbons (Fsp3) is 0.0290. The van der Waals surface area contributed by atoms with E-state index >= 15 is 26.3 Å². The van der Waals surface area contributed by atoms with Gasteiger partial charge in [0.15, 0.2) is 0 Å². The van der Waals surface area contributed by atoms with Gasteiger partial charge in [-0.15, -0.1) is 0 Å². The Hall–Kier alpha value is -10.3. The molecule has 0 saturated carbocycles. The van der Waals surface area contributed by atoms with Gasteiger partial charge in [0.25, 0.3) is 0 Å². The SMILES string of the molecule is N#Cc1cccc(-n2c3ccccc3c3c2ccc2c4ccccc4n(-c4ccccc4)c23)c1-c1cc(-c2c(C(F)(F)F)cccc2C(F)(F)F)ccc1-n1c2ccccc2c2c1ccc1c3ccccc3n(-c3ccccc3)c12. The molecule has 0 spiro atoms. The second-order valence-corrected chi connectivity index (χ2v) is 20.1. The maximum atomic E-state index is 15.3. The van der Waals surface area contributed by atoms with E-state index < -0.39 is 29.0 Å². The van der Waals surface area contributed by atoms with Gasteiger partial charge in [-0.2, -0.15) is 31.6 Å². The predicted molar refractivity (Wildman–Crippen MR) is 309 cm³/mol. The van der Waals surface area contributed by atoms with Gasteiger partial charge in [0.1, 0.15) is 0 Å². The molecule has 0 aliphatic rings. The van der Waals surface area contributed by atoms with Crippen molar-refractivity contribution in [3.05, 3.63) is 253 Å². The second kappa shape index (κ2) is 17.3. The van der Waals surface area contributed by atoms with E-state index in [-0.39, 0.29) is 16.7 Å². The molecule has 0 saturated heterocycles. The van der Waals surface area contributed by atoms with E-state index in [0.717, 1.165) is 105 Å². The van der Waals surface area contributed by atoms with Crippen LogP contribution in [-0.4, -0.2) is 18.3 Å². The highest BCUT2D eigenvalue weighted by molar-refractivity contribution is 6.28. The molecule has 382 valence electrons. The Morgan fingerprint density at radius 2 is 0.750 bits per heavy atom. The minimum atomic E-state index is -5.17. The zero-order chi connectivity index (χ0) is 54.2. The van der Waals surface area contributed by atoms with E-state index in [2.05, 4.69) is 92.6 Å². The molecule has 0 fully saturated rings. The van der Waals surface area contributed by atoms with E-state index in [1.807, 2.05) is 120 Å². The van der Waals surface area contributed by atoms with Gasteiger partial charge in [-0.3, -0.25) is 0 Å². The van der Waals surface area contributed by atoms with Crippen molar-refractivity contribution in [1.29, 1.82) is 5.26 Å². The standard InChI is InChI=1S/C69H39F6N5/c70-68(71,72)52-26-16-27-53(69(73,74)75)63(52)41-33-36-58(79-56-30-13-9-24-49(56)64-60(79)37-34-47-45-22-7-11-28-54(45)77(66(47)64)43-18-3-1-4-19-43)51(39-41)62-42(40-76)17-15-32-59(62)80-57-31-14-10-25-50(57)65-61(80)38-35-48-46-23-8-12-29-55(46)78(67(48)65)44-20-5-2-6-21-44/h1-39H. The van der Waals surface area contributed by atoms with Crippen molar-refractivity contribution in [2.45, 2.75) is 12.4 Å². The van der Waals surface area contributed by atoms with Gasteiger partial charge in [-0.25, -0.2) is 0 Å². The largest absolute Gasteiger partial charge is 0.417 e. The van der Waals surface area contributed by atoms with Crippen molar-refractivity contribution in [2.24, 2.45) is 0 Å². The number of nitrogens with zero attached hydrogens (tertiary/aromatic N) is 5. The molecule has 0 aliphatic heterocycles. The lowest BCUT2D eigenvalue weighted by Gasteiger charge is -2.23. The van der Waals surface area contributed by atoms with Crippen LogP contribution in [0.2, 0.25) is 0 Å². The zero-order valence-electron chi connectivity index (χ0n) is 42.0. The number of fused-ring (bicyclic) bond motifs is 14. The highest BCUT2D eigenvalue weighted by Gasteiger charge is 2.41. The fourth-order valence-corrected chi connectivity index (χ4v) is 12.8. The molecule has 0 amide bonds. The lowest BCUT2D eigenvalue weighted by molar-refractivity contribution is -0.142. The van der Waals surface area contributed by atoms with Crippen LogP contribution in [0.4, 0.5) is 26.3 Å². The maximum Gasteiger partial charge on any atom is 0.417 e. The smallest absolute Gasteiger partial charge is 0.309 e. The maximum absolute atomic E-state index is 15.3. The third-order valence-electron chi connectivity index (χ3n) is 15.8. The molecule has 0 radical (unpaired) electrons. The lowest BCUT2D eigenvalue weighted by atomic mass is 9.89. The summed E-state index contributed by atoms with van der Waals surface area (Å²) in [6.07, 6.45) is -10.3. The Labute approximate surface area is 451 Å². The monoisotopic (exact) mass is 1050 g/mol. The Morgan fingerprint density at radius 3 is 1.23 bits per heavy atom. The number of benzene rings is 11. The molecule has 80 heavy (non-hydrogen) atoms. The average Bonchev–Trinajstić information content (AvgIpc) is 4.26. The molecule has 0 aliphatic carbocycles. The molecule has 4 heterocycles. The number of hydrogen-bond acceptors (Lipinski definition) is 1. The third kappa shape index (κ3) is 6.78. The summed E-state index contributed by atoms with van der Waals surface area (Å²) in [5.41, 5.74) is 6.09. The van der Waals surface area contributed by atoms with Crippen molar-refractivity contribution in [2.75, 3.05) is 0 Å². The normalized spacial score (nSPS) is 12.4. The van der Waals surface area contributed by atoms with Crippen LogP contribution in [0.3, 0.4) is 0 Å². The molecule has 0 bridgehead atoms. The van der Waals surface area contributed by atoms with Crippen LogP contribution in [0.25, 0.3) is 132 Å². The summed E-state index contributed by atoms with van der Waals surface area (Å²) in [6, 6.07) is 74.8. The first-order valence-corrected chi connectivity index (χ1v) is 26.0. The first kappa shape index (κ1) is 46.9. The molecular formula is C69H39F6N5. The molecule has 15 rings (SSSR count). The van der Waals surface area contributed by atoms with Gasteiger partial charge in [-0.1, -0.05) is 140 Å². The summed E-state index contributed by atoms with van der Waals surface area (Å²) in [6.45, 7) is 0. The van der Waals surface area contributed by atoms with Gasteiger partial charge < -0.3 is 18.3 Å². The second-order valence-electron chi connectivity index (χ2n) is 20.1. The van der Waals surface area contributed by atoms with Crippen molar-refractivity contribution < 1.29 is 26.3 Å². The van der Waals surface area contributed by atoms with E-state index in [9.17, 15) is 5.26 Å². The van der Waals surface area contributed by atoms with Gasteiger partial charge in [0.05, 0.1) is 78.3 Å². The van der Waals surface area contributed by atoms with Crippen molar-refractivity contribution >= 4 is 87.2 Å². The van der Waals surface area contributed by atoms with Crippen LogP contribution < -0.4 is 0 Å². The van der Waals surface area contributed by atoms with E-state index in [1.54, 1.807) is 18.2 Å². The molecule has 4 aromatic heterocycles. The fourth-order valence-electron chi connectivity index (χ4n) is 12.8. The number of hydrogen-bond donors (Lipinski definition) is 0. The van der Waals surface area contributed by atoms with Crippen LogP contribution in [-0.2, 0) is 12.4 Å². The molecule has 15 aromatic rings. The molecule has 5 nitrogen and oxygen atoms in total. The van der Waals surface area contributed by atoms with Gasteiger partial charge in [0, 0.05) is 71.2 Å². The summed E-state index contributed by atoms with van der Waals surface area (Å²) in [7, 11) is 0. The molecular weight excluding hydrogens is 1010 g/mol. The van der Waals surface area contributed by atoms with Gasteiger partial charge in [-0.05, 0) is 103 Å². The number of nitriles is 1. The van der Waals surface area contributed by atoms with Crippen LogP contribution >= 0.6 is 0 Å². The van der Waals surface area contributed by atoms with Crippen LogP contribution in [0, 0.1) is 11.3 Å². The molecule has 11 heteroatoms. The van der Waals surface area contributed by atoms with E-state index in [0.29, 0.717) is 29.1 Å². The van der Waals surface area contributed by atoms with Crippen LogP contribution in [0.15, 0.2) is 237 Å². The average molecular weight is 1050 g/mol. The minimum Gasteiger partial charge on any atom is -0.309 e. The molecule has 11 aromatic carbocycles. The number of aromatic nitrogens is 4. The summed E-state index contributed by atoms with van der Waals surface area (Å²) in [5, 5.41) is 19.0. The highest BCUT2D eigenvalue weighted by Crippen LogP contribution is 2.50. The Kier molecular flexibility index (Phi) is 10.2. The topological polar surface area (TPSA) is 43.5 Å². The number of para-hydroxylation sites is 6. The third-order valence-corrected chi connectivity index (χ3v) is 15.8. The summed E-state index contributed by atoms with van der Waals surface area (Å²) < 4.78 is 100. The highest BCUT2D eigenvalue weighted by atomic mass is 19.4. The molecule has 0 unspecified atom stereocenters. The summed E-state index contributed by atoms with van der Waals surface area (Å²) in [5.74, 6) is 0. The number of alkyl halides is 6. The first-order chi connectivity index (χ1) is 39.0. The summed E-state index contributed by atoms with van der Waals surface area (Å²) >= 11 is 0. The van der Waals surface area contributed by atoms with Crippen molar-refractivity contribution in [1.82, 2.24) is 18.3 Å². The lowest BCUT2D eigenvalue weighted by Crippen LogP contribution is -2.14. The predicted octanol–water partition coefficient (Wildman–Crippen LogP) is 19.3. The molecule has 0 N–H and O–H groups in total. The van der Waals surface area contributed by atoms with Crippen LogP contribution in [0.1, 0.15) is 16.7 Å². The Balaban J connectivity index is 1.11. The minimum absolute atomic E-state index is 0.152. The number of rotatable bonds is 6. The van der Waals surface area contributed by atoms with E-state index in [4.69, 9.17) is 0 Å². The number of halogens is 6. The Bertz CT molecular complexity index is 5070. The quantitative estimate of drug-likeness (QED) is 0.153. The van der Waals surface area contributed by atoms with Gasteiger partial charge >= 0.3 is 12.4 Å². The zero-order valence-corrected chi connectivity index (χ0v) is 42.0. The first-order valence-electron chi connectivity index (χ1n) is 26.0. The molecule has 0 atom stereocenters. The van der Waals surface area contributed by atoms with Crippen molar-refractivity contribution in [3.63, 3.8) is 0 Å². The Morgan fingerprint density at radius 1 is 0.325 bits per heavy atom. The van der Waals surface area contributed by atoms with Crippen molar-refractivity contribution in [3.8, 4) is 51.1 Å². The van der Waals surface area contributed by atoms with Crippen LogP contribution in [0.5, 0.6) is 0 Å². The van der Waals surface area contributed by atoms with E-state index in [1.165, 1.54) is 12.1 Å². The summed E-state index contributed by atoms with van der Waals surface area (Å²) in [4.78, 5) is 0. The van der Waals surface area contributed by atoms with Gasteiger partial charge in [0.2, 0.25) is 0 Å².